The van der Waals surface area contributed by atoms with Crippen LogP contribution < -0.4 is 12.4 Å². The van der Waals surface area contributed by atoms with Crippen LogP contribution in [0.2, 0.25) is 0 Å². The van der Waals surface area contributed by atoms with Gasteiger partial charge in [0.2, 0.25) is 0 Å². The highest BCUT2D eigenvalue weighted by Gasteiger charge is 2.24. The largest absolute Gasteiger partial charge is 1.00 e. The van der Waals surface area contributed by atoms with E-state index >= 15 is 0 Å². The van der Waals surface area contributed by atoms with E-state index in [4.69, 9.17) is 0 Å². The smallest absolute Gasteiger partial charge is 0.104 e. The number of quaternary nitrogens is 1. The molecule has 104 valence electrons. The highest BCUT2D eigenvalue weighted by molar-refractivity contribution is 5.13. The number of hydrogen-bond donors (Lipinski definition) is 0. The van der Waals surface area contributed by atoms with E-state index < -0.39 is 0 Å². The van der Waals surface area contributed by atoms with Crippen molar-refractivity contribution >= 4 is 0 Å². The van der Waals surface area contributed by atoms with E-state index in [0.29, 0.717) is 0 Å². The first-order valence-electron chi connectivity index (χ1n) is 7.15. The topological polar surface area (TPSA) is 0 Å². The Labute approximate surface area is 119 Å². The molecule has 0 heterocycles. The van der Waals surface area contributed by atoms with Gasteiger partial charge in [-0.25, -0.2) is 0 Å². The van der Waals surface area contributed by atoms with Gasteiger partial charge in [0, 0.05) is 5.56 Å². The molecule has 18 heavy (non-hydrogen) atoms. The average molecular weight is 270 g/mol. The molecule has 1 aromatic rings. The lowest BCUT2D eigenvalue weighted by Gasteiger charge is -2.38. The third-order valence-electron chi connectivity index (χ3n) is 3.45. The van der Waals surface area contributed by atoms with Gasteiger partial charge in [0.05, 0.1) is 19.6 Å². The van der Waals surface area contributed by atoms with Crippen LogP contribution in [0.15, 0.2) is 30.3 Å². The quantitative estimate of drug-likeness (QED) is 0.623. The molecule has 0 N–H and O–H groups in total. The summed E-state index contributed by atoms with van der Waals surface area (Å²) < 4.78 is 1.27. The van der Waals surface area contributed by atoms with E-state index in [1.54, 1.807) is 0 Å². The standard InChI is InChI=1S/C16H28N.ClH/c1-4-12-17(13-5-2,14-6-3)15-16-10-8-7-9-11-16;/h7-11H,4-6,12-15H2,1-3H3;1H/q+1;/p-1. The molecule has 0 amide bonds. The van der Waals surface area contributed by atoms with Crippen molar-refractivity contribution < 1.29 is 16.9 Å². The zero-order valence-corrected chi connectivity index (χ0v) is 12.9. The van der Waals surface area contributed by atoms with Crippen molar-refractivity contribution in [2.24, 2.45) is 0 Å². The van der Waals surface area contributed by atoms with Gasteiger partial charge in [0.15, 0.2) is 0 Å². The van der Waals surface area contributed by atoms with Crippen molar-refractivity contribution in [3.63, 3.8) is 0 Å². The van der Waals surface area contributed by atoms with Crippen LogP contribution in [-0.4, -0.2) is 24.1 Å². The summed E-state index contributed by atoms with van der Waals surface area (Å²) in [6.45, 7) is 12.1. The molecule has 1 aromatic carbocycles. The van der Waals surface area contributed by atoms with Gasteiger partial charge in [-0.15, -0.1) is 0 Å². The Balaban J connectivity index is 0.00000289. The first kappa shape index (κ1) is 17.5. The van der Waals surface area contributed by atoms with Crippen LogP contribution in [0.5, 0.6) is 0 Å². The van der Waals surface area contributed by atoms with Crippen molar-refractivity contribution in [2.75, 3.05) is 19.6 Å². The molecule has 0 aliphatic rings. The molecule has 0 saturated carbocycles. The third-order valence-corrected chi connectivity index (χ3v) is 3.45. The van der Waals surface area contributed by atoms with Crippen LogP contribution >= 0.6 is 0 Å². The molecular weight excluding hydrogens is 242 g/mol. The molecule has 1 rings (SSSR count). The van der Waals surface area contributed by atoms with E-state index in [-0.39, 0.29) is 12.4 Å². The Bertz CT molecular complexity index is 280. The van der Waals surface area contributed by atoms with E-state index in [0.717, 1.165) is 0 Å². The molecule has 0 aromatic heterocycles. The van der Waals surface area contributed by atoms with Crippen LogP contribution in [-0.2, 0) is 6.54 Å². The fourth-order valence-corrected chi connectivity index (χ4v) is 2.97. The van der Waals surface area contributed by atoms with Crippen molar-refractivity contribution in [3.8, 4) is 0 Å². The van der Waals surface area contributed by atoms with E-state index in [9.17, 15) is 0 Å². The predicted octanol–water partition coefficient (Wildman–Crippen LogP) is 1.24. The number of nitrogens with zero attached hydrogens (tertiary/aromatic N) is 1. The van der Waals surface area contributed by atoms with Gasteiger partial charge in [-0.05, 0) is 19.3 Å². The van der Waals surface area contributed by atoms with Crippen LogP contribution in [0.3, 0.4) is 0 Å². The van der Waals surface area contributed by atoms with Crippen LogP contribution in [0.4, 0.5) is 0 Å². The lowest BCUT2D eigenvalue weighted by Crippen LogP contribution is -3.00. The first-order valence-corrected chi connectivity index (χ1v) is 7.15. The number of benzene rings is 1. The second kappa shape index (κ2) is 9.41. The van der Waals surface area contributed by atoms with Crippen molar-refractivity contribution in [1.82, 2.24) is 0 Å². The Hall–Kier alpha value is -0.530. The molecule has 0 atom stereocenters. The second-order valence-corrected chi connectivity index (χ2v) is 5.16. The van der Waals surface area contributed by atoms with Crippen molar-refractivity contribution in [1.29, 1.82) is 0 Å². The lowest BCUT2D eigenvalue weighted by atomic mass is 10.1. The first-order chi connectivity index (χ1) is 8.26. The predicted molar refractivity (Wildman–Crippen MR) is 75.9 cm³/mol. The monoisotopic (exact) mass is 269 g/mol. The Morgan fingerprint density at radius 3 is 1.61 bits per heavy atom. The summed E-state index contributed by atoms with van der Waals surface area (Å²) in [7, 11) is 0. The van der Waals surface area contributed by atoms with E-state index in [1.807, 2.05) is 0 Å². The molecule has 0 fully saturated rings. The summed E-state index contributed by atoms with van der Waals surface area (Å²) in [5.74, 6) is 0. The minimum Gasteiger partial charge on any atom is -1.00 e. The number of halogens is 1. The summed E-state index contributed by atoms with van der Waals surface area (Å²) in [5, 5.41) is 0. The highest BCUT2D eigenvalue weighted by Crippen LogP contribution is 2.17. The summed E-state index contributed by atoms with van der Waals surface area (Å²) in [4.78, 5) is 0. The Morgan fingerprint density at radius 2 is 1.22 bits per heavy atom. The van der Waals surface area contributed by atoms with Crippen molar-refractivity contribution in [2.45, 2.75) is 46.6 Å². The van der Waals surface area contributed by atoms with Gasteiger partial charge in [0.1, 0.15) is 6.54 Å². The summed E-state index contributed by atoms with van der Waals surface area (Å²) >= 11 is 0. The van der Waals surface area contributed by atoms with Gasteiger partial charge in [-0.3, -0.25) is 0 Å². The number of rotatable bonds is 8. The van der Waals surface area contributed by atoms with Gasteiger partial charge in [-0.2, -0.15) is 0 Å². The summed E-state index contributed by atoms with van der Waals surface area (Å²) in [6, 6.07) is 11.0. The van der Waals surface area contributed by atoms with Gasteiger partial charge >= 0.3 is 0 Å². The third kappa shape index (κ3) is 5.41. The van der Waals surface area contributed by atoms with E-state index in [2.05, 4.69) is 51.1 Å². The maximum absolute atomic E-state index is 2.31. The van der Waals surface area contributed by atoms with Crippen LogP contribution in [0.1, 0.15) is 45.6 Å². The summed E-state index contributed by atoms with van der Waals surface area (Å²) in [5.41, 5.74) is 1.49. The molecule has 0 spiro atoms. The molecule has 0 bridgehead atoms. The lowest BCUT2D eigenvalue weighted by molar-refractivity contribution is -0.941. The maximum atomic E-state index is 2.31. The molecule has 0 radical (unpaired) electrons. The normalized spacial score (nSPS) is 11.1. The van der Waals surface area contributed by atoms with Gasteiger partial charge in [0.25, 0.3) is 0 Å². The van der Waals surface area contributed by atoms with Crippen LogP contribution in [0.25, 0.3) is 0 Å². The SMILES string of the molecule is CCC[N+](CCC)(CCC)Cc1ccccc1.[Cl-]. The fourth-order valence-electron chi connectivity index (χ4n) is 2.97. The van der Waals surface area contributed by atoms with Gasteiger partial charge in [-0.1, -0.05) is 51.1 Å². The molecule has 0 aliphatic carbocycles. The fraction of sp³-hybridized carbons (Fsp3) is 0.625. The second-order valence-electron chi connectivity index (χ2n) is 5.16. The molecule has 0 saturated heterocycles. The minimum atomic E-state index is 0. The molecule has 2 heteroatoms. The highest BCUT2D eigenvalue weighted by atomic mass is 35.5. The zero-order valence-electron chi connectivity index (χ0n) is 12.2. The Morgan fingerprint density at radius 1 is 0.778 bits per heavy atom. The summed E-state index contributed by atoms with van der Waals surface area (Å²) in [6.07, 6.45) is 3.85. The average Bonchev–Trinajstić information content (AvgIpc) is 2.31. The maximum Gasteiger partial charge on any atom is 0.104 e. The van der Waals surface area contributed by atoms with E-state index in [1.165, 1.54) is 55.5 Å². The van der Waals surface area contributed by atoms with Crippen LogP contribution in [0, 0.1) is 0 Å². The molecule has 0 aliphatic heterocycles. The molecule has 0 unspecified atom stereocenters. The minimum absolute atomic E-state index is 0. The number of hydrogen-bond acceptors (Lipinski definition) is 0. The van der Waals surface area contributed by atoms with Crippen molar-refractivity contribution in [3.05, 3.63) is 35.9 Å². The molecular formula is C16H28ClN. The molecule has 1 nitrogen and oxygen atoms in total. The zero-order chi connectivity index (χ0) is 12.6. The Kier molecular flexibility index (Phi) is 9.13. The van der Waals surface area contributed by atoms with Gasteiger partial charge < -0.3 is 16.9 Å².